The molecule has 4 aromatic heterocycles. The van der Waals surface area contributed by atoms with Gasteiger partial charge in [0.05, 0.1) is 34.4 Å². The Labute approximate surface area is 190 Å². The van der Waals surface area contributed by atoms with Gasteiger partial charge < -0.3 is 5.32 Å². The zero-order valence-corrected chi connectivity index (χ0v) is 19.5. The zero-order valence-electron chi connectivity index (χ0n) is 18.7. The topological polar surface area (TPSA) is 85.6 Å². The van der Waals surface area contributed by atoms with Crippen molar-refractivity contribution in [3.05, 3.63) is 57.9 Å². The number of pyridine rings is 2. The lowest BCUT2D eigenvalue weighted by Crippen LogP contribution is -2.25. The van der Waals surface area contributed by atoms with Gasteiger partial charge in [-0.2, -0.15) is 5.10 Å². The lowest BCUT2D eigenvalue weighted by molar-refractivity contribution is 0.0952. The highest BCUT2D eigenvalue weighted by molar-refractivity contribution is 7.09. The molecule has 0 spiro atoms. The molecule has 4 heterocycles. The SMILES string of the molecule is Cc1nn(C(C)(C)C)c2nc(C3CC3)cc(C(=O)NCc3nc(-c4ccncc4)cs3)c12. The van der Waals surface area contributed by atoms with Crippen LogP contribution >= 0.6 is 11.3 Å². The molecule has 1 aliphatic rings. The first kappa shape index (κ1) is 20.8. The minimum absolute atomic E-state index is 0.114. The van der Waals surface area contributed by atoms with Gasteiger partial charge in [0, 0.05) is 34.9 Å². The highest BCUT2D eigenvalue weighted by Gasteiger charge is 2.30. The largest absolute Gasteiger partial charge is 0.346 e. The molecule has 1 fully saturated rings. The predicted octanol–water partition coefficient (Wildman–Crippen LogP) is 4.82. The smallest absolute Gasteiger partial charge is 0.252 e. The van der Waals surface area contributed by atoms with Gasteiger partial charge in [0.2, 0.25) is 0 Å². The van der Waals surface area contributed by atoms with Gasteiger partial charge in [-0.15, -0.1) is 11.3 Å². The van der Waals surface area contributed by atoms with E-state index in [0.717, 1.165) is 51.5 Å². The molecule has 164 valence electrons. The summed E-state index contributed by atoms with van der Waals surface area (Å²) in [5.41, 5.74) is 4.94. The molecule has 32 heavy (non-hydrogen) atoms. The first-order valence-electron chi connectivity index (χ1n) is 10.8. The lowest BCUT2D eigenvalue weighted by atomic mass is 10.1. The summed E-state index contributed by atoms with van der Waals surface area (Å²) in [4.78, 5) is 27.0. The van der Waals surface area contributed by atoms with Crippen molar-refractivity contribution in [2.45, 2.75) is 58.5 Å². The Hall–Kier alpha value is -3.13. The van der Waals surface area contributed by atoms with Crippen LogP contribution in [-0.2, 0) is 12.1 Å². The average molecular weight is 447 g/mol. The molecule has 0 radical (unpaired) electrons. The van der Waals surface area contributed by atoms with Crippen molar-refractivity contribution in [3.8, 4) is 11.3 Å². The fraction of sp³-hybridized carbons (Fsp3) is 0.375. The van der Waals surface area contributed by atoms with Crippen molar-refractivity contribution in [1.82, 2.24) is 30.0 Å². The molecular weight excluding hydrogens is 420 g/mol. The van der Waals surface area contributed by atoms with Crippen molar-refractivity contribution in [2.24, 2.45) is 0 Å². The van der Waals surface area contributed by atoms with Crippen LogP contribution < -0.4 is 5.32 Å². The van der Waals surface area contributed by atoms with E-state index in [4.69, 9.17) is 10.1 Å². The first-order chi connectivity index (χ1) is 15.3. The van der Waals surface area contributed by atoms with Gasteiger partial charge in [-0.3, -0.25) is 9.78 Å². The van der Waals surface area contributed by atoms with Crippen LogP contribution in [0.1, 0.15) is 66.3 Å². The summed E-state index contributed by atoms with van der Waals surface area (Å²) in [7, 11) is 0. The summed E-state index contributed by atoms with van der Waals surface area (Å²) < 4.78 is 1.95. The van der Waals surface area contributed by atoms with Crippen molar-refractivity contribution in [3.63, 3.8) is 0 Å². The normalized spacial score (nSPS) is 14.1. The fourth-order valence-corrected chi connectivity index (χ4v) is 4.58. The van der Waals surface area contributed by atoms with Crippen LogP contribution in [0.25, 0.3) is 22.3 Å². The average Bonchev–Trinajstić information content (AvgIpc) is 3.42. The van der Waals surface area contributed by atoms with E-state index >= 15 is 0 Å². The summed E-state index contributed by atoms with van der Waals surface area (Å²) in [6, 6.07) is 5.82. The molecular formula is C24H26N6OS. The van der Waals surface area contributed by atoms with Gasteiger partial charge in [-0.1, -0.05) is 0 Å². The molecule has 0 saturated heterocycles. The van der Waals surface area contributed by atoms with E-state index in [1.807, 2.05) is 35.2 Å². The summed E-state index contributed by atoms with van der Waals surface area (Å²) in [5.74, 6) is 0.327. The Morgan fingerprint density at radius 3 is 2.66 bits per heavy atom. The maximum Gasteiger partial charge on any atom is 0.252 e. The van der Waals surface area contributed by atoms with E-state index in [-0.39, 0.29) is 11.4 Å². The van der Waals surface area contributed by atoms with Crippen molar-refractivity contribution in [1.29, 1.82) is 0 Å². The minimum atomic E-state index is -0.223. The number of aromatic nitrogens is 5. The molecule has 5 rings (SSSR count). The number of amides is 1. The molecule has 8 heteroatoms. The quantitative estimate of drug-likeness (QED) is 0.475. The van der Waals surface area contributed by atoms with Crippen LogP contribution in [-0.4, -0.2) is 30.6 Å². The number of nitrogens with zero attached hydrogens (tertiary/aromatic N) is 5. The number of thiazole rings is 1. The summed E-state index contributed by atoms with van der Waals surface area (Å²) >= 11 is 1.54. The summed E-state index contributed by atoms with van der Waals surface area (Å²) in [6.07, 6.45) is 5.75. The number of hydrogen-bond acceptors (Lipinski definition) is 6. The van der Waals surface area contributed by atoms with Crippen LogP contribution in [0.4, 0.5) is 0 Å². The van der Waals surface area contributed by atoms with Gasteiger partial charge in [-0.25, -0.2) is 14.6 Å². The number of carbonyl (C=O) groups excluding carboxylic acids is 1. The van der Waals surface area contributed by atoms with Gasteiger partial charge in [0.1, 0.15) is 5.01 Å². The Balaban J connectivity index is 1.45. The van der Waals surface area contributed by atoms with E-state index in [1.54, 1.807) is 12.4 Å². The van der Waals surface area contributed by atoms with Gasteiger partial charge in [0.15, 0.2) is 5.65 Å². The number of carbonyl (C=O) groups is 1. The van der Waals surface area contributed by atoms with Gasteiger partial charge >= 0.3 is 0 Å². The molecule has 0 bridgehead atoms. The highest BCUT2D eigenvalue weighted by atomic mass is 32.1. The molecule has 1 saturated carbocycles. The predicted molar refractivity (Wildman–Crippen MR) is 126 cm³/mol. The molecule has 0 unspecified atom stereocenters. The maximum absolute atomic E-state index is 13.3. The first-order valence-corrected chi connectivity index (χ1v) is 11.7. The molecule has 4 aromatic rings. The van der Waals surface area contributed by atoms with E-state index < -0.39 is 0 Å². The van der Waals surface area contributed by atoms with E-state index in [1.165, 1.54) is 11.3 Å². The Bertz CT molecular complexity index is 1300. The minimum Gasteiger partial charge on any atom is -0.346 e. The number of fused-ring (bicyclic) bond motifs is 1. The van der Waals surface area contributed by atoms with E-state index in [2.05, 4.69) is 36.1 Å². The Morgan fingerprint density at radius 2 is 1.97 bits per heavy atom. The molecule has 1 aliphatic carbocycles. The standard InChI is InChI=1S/C24H26N6OS/c1-14-21-17(11-18(15-5-6-15)28-22(21)30(29-14)24(2,3)4)23(31)26-12-20-27-19(13-32-20)16-7-9-25-10-8-16/h7-11,13,15H,5-6,12H2,1-4H3,(H,26,31). The zero-order chi connectivity index (χ0) is 22.5. The third-order valence-electron chi connectivity index (χ3n) is 5.64. The van der Waals surface area contributed by atoms with Crippen LogP contribution in [0.2, 0.25) is 0 Å². The number of nitrogens with one attached hydrogen (secondary N) is 1. The third-order valence-corrected chi connectivity index (χ3v) is 6.49. The van der Waals surface area contributed by atoms with E-state index in [9.17, 15) is 4.79 Å². The monoisotopic (exact) mass is 446 g/mol. The molecule has 0 aromatic carbocycles. The number of aryl methyl sites for hydroxylation is 1. The molecule has 7 nitrogen and oxygen atoms in total. The summed E-state index contributed by atoms with van der Waals surface area (Å²) in [5, 5.41) is 11.5. The second kappa shape index (κ2) is 7.78. The second-order valence-corrected chi connectivity index (χ2v) is 10.2. The number of hydrogen-bond donors (Lipinski definition) is 1. The number of rotatable bonds is 5. The van der Waals surface area contributed by atoms with Gasteiger partial charge in [-0.05, 0) is 58.7 Å². The molecule has 0 aliphatic heterocycles. The van der Waals surface area contributed by atoms with Crippen molar-refractivity contribution in [2.75, 3.05) is 0 Å². The van der Waals surface area contributed by atoms with Crippen LogP contribution in [0.15, 0.2) is 36.0 Å². The highest BCUT2D eigenvalue weighted by Crippen LogP contribution is 2.41. The van der Waals surface area contributed by atoms with Crippen LogP contribution in [0.3, 0.4) is 0 Å². The summed E-state index contributed by atoms with van der Waals surface area (Å²) in [6.45, 7) is 8.64. The molecule has 1 amide bonds. The van der Waals surface area contributed by atoms with Crippen LogP contribution in [0.5, 0.6) is 0 Å². The van der Waals surface area contributed by atoms with Crippen molar-refractivity contribution < 1.29 is 4.79 Å². The Kier molecular flexibility index (Phi) is 5.04. The lowest BCUT2D eigenvalue weighted by Gasteiger charge is -2.20. The van der Waals surface area contributed by atoms with Crippen molar-refractivity contribution >= 4 is 28.3 Å². The van der Waals surface area contributed by atoms with Gasteiger partial charge in [0.25, 0.3) is 5.91 Å². The van der Waals surface area contributed by atoms with Crippen LogP contribution in [0, 0.1) is 6.92 Å². The molecule has 0 atom stereocenters. The second-order valence-electron chi connectivity index (χ2n) is 9.28. The fourth-order valence-electron chi connectivity index (χ4n) is 3.84. The Morgan fingerprint density at radius 1 is 1.22 bits per heavy atom. The molecule has 1 N–H and O–H groups in total. The van der Waals surface area contributed by atoms with E-state index in [0.29, 0.717) is 18.0 Å². The third kappa shape index (κ3) is 3.90. The maximum atomic E-state index is 13.3.